The molecule has 1 atom stereocenters. The predicted molar refractivity (Wildman–Crippen MR) is 57.2 cm³/mol. The Hall–Kier alpha value is -0.810. The minimum Gasteiger partial charge on any atom is -0.389 e. The molecular formula is C9H21N3O2. The number of hydrogen-bond donors (Lipinski definition) is 3. The summed E-state index contributed by atoms with van der Waals surface area (Å²) in [5.74, 6) is 0.855. The molecule has 0 spiro atoms. The van der Waals surface area contributed by atoms with Crippen LogP contribution in [0.3, 0.4) is 0 Å². The van der Waals surface area contributed by atoms with Crippen molar-refractivity contribution in [1.29, 1.82) is 0 Å². The zero-order valence-corrected chi connectivity index (χ0v) is 9.16. The van der Waals surface area contributed by atoms with E-state index >= 15 is 0 Å². The van der Waals surface area contributed by atoms with E-state index in [1.165, 1.54) is 0 Å². The Balaban J connectivity index is 3.61. The van der Waals surface area contributed by atoms with Crippen molar-refractivity contribution >= 4 is 5.96 Å². The monoisotopic (exact) mass is 203 g/mol. The standard InChI is InChI=1S/C9H21N3O2/c1-7(2)4-11-9(10)12-5-8(13)6-14-3/h7-8,13H,4-6H2,1-3H3,(H3,10,11,12). The Bertz CT molecular complexity index is 171. The van der Waals surface area contributed by atoms with Gasteiger partial charge >= 0.3 is 0 Å². The van der Waals surface area contributed by atoms with Crippen LogP contribution in [0.4, 0.5) is 0 Å². The fourth-order valence-corrected chi connectivity index (χ4v) is 0.811. The van der Waals surface area contributed by atoms with Gasteiger partial charge in [0.2, 0.25) is 0 Å². The summed E-state index contributed by atoms with van der Waals surface area (Å²) in [4.78, 5) is 4.09. The summed E-state index contributed by atoms with van der Waals surface area (Å²) in [7, 11) is 1.54. The zero-order valence-electron chi connectivity index (χ0n) is 9.16. The van der Waals surface area contributed by atoms with Crippen molar-refractivity contribution in [2.45, 2.75) is 20.0 Å². The van der Waals surface area contributed by atoms with Gasteiger partial charge in [-0.05, 0) is 5.92 Å². The first kappa shape index (κ1) is 13.2. The molecule has 0 aromatic heterocycles. The molecule has 0 amide bonds. The number of methoxy groups -OCH3 is 1. The fraction of sp³-hybridized carbons (Fsp3) is 0.889. The zero-order chi connectivity index (χ0) is 11.0. The second-order valence-electron chi connectivity index (χ2n) is 3.61. The summed E-state index contributed by atoms with van der Waals surface area (Å²) in [5, 5.41) is 12.1. The molecule has 0 heterocycles. The van der Waals surface area contributed by atoms with Crippen LogP contribution in [0.25, 0.3) is 0 Å². The number of nitrogens with two attached hydrogens (primary N) is 1. The molecule has 14 heavy (non-hydrogen) atoms. The van der Waals surface area contributed by atoms with E-state index in [2.05, 4.69) is 24.2 Å². The van der Waals surface area contributed by atoms with E-state index in [1.54, 1.807) is 7.11 Å². The van der Waals surface area contributed by atoms with Gasteiger partial charge in [-0.25, -0.2) is 0 Å². The van der Waals surface area contributed by atoms with Gasteiger partial charge in [-0.15, -0.1) is 0 Å². The molecule has 5 heteroatoms. The van der Waals surface area contributed by atoms with Gasteiger partial charge in [-0.1, -0.05) is 13.8 Å². The summed E-state index contributed by atoms with van der Waals surface area (Å²) in [6, 6.07) is 0. The predicted octanol–water partition coefficient (Wildman–Crippen LogP) is -0.446. The molecule has 5 nitrogen and oxygen atoms in total. The van der Waals surface area contributed by atoms with Gasteiger partial charge in [0.15, 0.2) is 5.96 Å². The maximum absolute atomic E-state index is 9.28. The highest BCUT2D eigenvalue weighted by Gasteiger charge is 2.02. The van der Waals surface area contributed by atoms with Crippen molar-refractivity contribution in [2.75, 3.05) is 26.8 Å². The van der Waals surface area contributed by atoms with Crippen LogP contribution >= 0.6 is 0 Å². The maximum atomic E-state index is 9.28. The molecular weight excluding hydrogens is 182 g/mol. The van der Waals surface area contributed by atoms with Crippen LogP contribution in [0, 0.1) is 5.92 Å². The Morgan fingerprint density at radius 1 is 1.57 bits per heavy atom. The van der Waals surface area contributed by atoms with Crippen LogP contribution in [-0.4, -0.2) is 44.0 Å². The minimum absolute atomic E-state index is 0.296. The molecule has 4 N–H and O–H groups in total. The van der Waals surface area contributed by atoms with Gasteiger partial charge < -0.3 is 20.9 Å². The van der Waals surface area contributed by atoms with E-state index in [1.807, 2.05) is 0 Å². The van der Waals surface area contributed by atoms with Crippen LogP contribution < -0.4 is 11.1 Å². The molecule has 0 aliphatic heterocycles. The van der Waals surface area contributed by atoms with Crippen LogP contribution in [0.2, 0.25) is 0 Å². The topological polar surface area (TPSA) is 79.9 Å². The molecule has 0 aromatic carbocycles. The SMILES string of the molecule is COCC(O)CNC(N)=NCC(C)C. The Kier molecular flexibility index (Phi) is 7.14. The maximum Gasteiger partial charge on any atom is 0.188 e. The highest BCUT2D eigenvalue weighted by Crippen LogP contribution is 1.90. The van der Waals surface area contributed by atoms with Crippen molar-refractivity contribution in [1.82, 2.24) is 5.32 Å². The quantitative estimate of drug-likeness (QED) is 0.403. The van der Waals surface area contributed by atoms with Crippen LogP contribution in [0.1, 0.15) is 13.8 Å². The Morgan fingerprint density at radius 2 is 2.21 bits per heavy atom. The number of rotatable bonds is 6. The largest absolute Gasteiger partial charge is 0.389 e. The Labute approximate surface area is 85.4 Å². The highest BCUT2D eigenvalue weighted by molar-refractivity contribution is 5.77. The number of aliphatic hydroxyl groups excluding tert-OH is 1. The van der Waals surface area contributed by atoms with E-state index in [0.29, 0.717) is 31.6 Å². The molecule has 0 fully saturated rings. The van der Waals surface area contributed by atoms with Crippen molar-refractivity contribution < 1.29 is 9.84 Å². The summed E-state index contributed by atoms with van der Waals surface area (Å²) in [5.41, 5.74) is 5.55. The Morgan fingerprint density at radius 3 is 2.71 bits per heavy atom. The lowest BCUT2D eigenvalue weighted by atomic mass is 10.2. The second-order valence-corrected chi connectivity index (χ2v) is 3.61. The second kappa shape index (κ2) is 7.58. The number of hydrogen-bond acceptors (Lipinski definition) is 3. The van der Waals surface area contributed by atoms with E-state index in [4.69, 9.17) is 10.5 Å². The van der Waals surface area contributed by atoms with E-state index < -0.39 is 6.10 Å². The van der Waals surface area contributed by atoms with Crippen LogP contribution in [0.5, 0.6) is 0 Å². The number of nitrogens with zero attached hydrogens (tertiary/aromatic N) is 1. The number of ether oxygens (including phenoxy) is 1. The molecule has 0 rings (SSSR count). The smallest absolute Gasteiger partial charge is 0.188 e. The summed E-state index contributed by atoms with van der Waals surface area (Å²) in [6.07, 6.45) is -0.548. The summed E-state index contributed by atoms with van der Waals surface area (Å²) < 4.78 is 4.76. The van der Waals surface area contributed by atoms with E-state index in [-0.39, 0.29) is 0 Å². The average molecular weight is 203 g/mol. The lowest BCUT2D eigenvalue weighted by Crippen LogP contribution is -2.39. The van der Waals surface area contributed by atoms with Crippen molar-refractivity contribution in [3.05, 3.63) is 0 Å². The number of nitrogens with one attached hydrogen (secondary N) is 1. The molecule has 0 saturated carbocycles. The lowest BCUT2D eigenvalue weighted by molar-refractivity contribution is 0.0674. The van der Waals surface area contributed by atoms with Crippen LogP contribution in [0.15, 0.2) is 4.99 Å². The van der Waals surface area contributed by atoms with Crippen LogP contribution in [-0.2, 0) is 4.74 Å². The molecule has 0 aliphatic rings. The average Bonchev–Trinajstić information content (AvgIpc) is 2.12. The first-order valence-electron chi connectivity index (χ1n) is 4.77. The molecule has 0 saturated heterocycles. The van der Waals surface area contributed by atoms with E-state index in [0.717, 1.165) is 0 Å². The molecule has 0 bridgehead atoms. The fourth-order valence-electron chi connectivity index (χ4n) is 0.811. The molecule has 0 aliphatic carbocycles. The minimum atomic E-state index is -0.548. The normalized spacial score (nSPS) is 14.5. The lowest BCUT2D eigenvalue weighted by Gasteiger charge is -2.11. The first-order chi connectivity index (χ1) is 6.56. The number of aliphatic hydroxyl groups is 1. The molecule has 0 radical (unpaired) electrons. The van der Waals surface area contributed by atoms with Gasteiger partial charge in [0.1, 0.15) is 0 Å². The van der Waals surface area contributed by atoms with Gasteiger partial charge in [-0.3, -0.25) is 4.99 Å². The van der Waals surface area contributed by atoms with E-state index in [9.17, 15) is 5.11 Å². The molecule has 1 unspecified atom stereocenters. The van der Waals surface area contributed by atoms with Gasteiger partial charge in [0, 0.05) is 20.2 Å². The first-order valence-corrected chi connectivity index (χ1v) is 4.77. The third-order valence-electron chi connectivity index (χ3n) is 1.50. The highest BCUT2D eigenvalue weighted by atomic mass is 16.5. The number of guanidine groups is 1. The number of aliphatic imine (C=N–C) groups is 1. The van der Waals surface area contributed by atoms with Crippen molar-refractivity contribution in [3.8, 4) is 0 Å². The van der Waals surface area contributed by atoms with Gasteiger partial charge in [-0.2, -0.15) is 0 Å². The van der Waals surface area contributed by atoms with Gasteiger partial charge in [0.25, 0.3) is 0 Å². The summed E-state index contributed by atoms with van der Waals surface area (Å²) in [6.45, 7) is 5.48. The van der Waals surface area contributed by atoms with Gasteiger partial charge in [0.05, 0.1) is 12.7 Å². The van der Waals surface area contributed by atoms with Crippen molar-refractivity contribution in [3.63, 3.8) is 0 Å². The third-order valence-corrected chi connectivity index (χ3v) is 1.50. The van der Waals surface area contributed by atoms with Crippen molar-refractivity contribution in [2.24, 2.45) is 16.6 Å². The third kappa shape index (κ3) is 7.82. The molecule has 84 valence electrons. The summed E-state index contributed by atoms with van der Waals surface area (Å²) >= 11 is 0. The molecule has 0 aromatic rings.